The number of halogens is 1. The second-order valence-electron chi connectivity index (χ2n) is 6.35. The van der Waals surface area contributed by atoms with Gasteiger partial charge in [0, 0.05) is 32.6 Å². The van der Waals surface area contributed by atoms with Crippen LogP contribution in [0.1, 0.15) is 45.3 Å². The monoisotopic (exact) mass is 477 g/mol. The number of likely N-dealkylation sites (tertiary alicyclic amines) is 1. The Balaban J connectivity index is 0.00000338. The molecule has 1 aliphatic heterocycles. The number of carbonyl (C=O) groups is 1. The Morgan fingerprint density at radius 1 is 1.46 bits per heavy atom. The Hall–Kier alpha value is -1.25. The molecule has 0 amide bonds. The zero-order valence-corrected chi connectivity index (χ0v) is 18.2. The topological polar surface area (TPSA) is 67.1 Å². The number of unbranched alkanes of at least 4 members (excludes halogenated alkanes) is 1. The molecule has 148 valence electrons. The Kier molecular flexibility index (Phi) is 11.4. The minimum Gasteiger partial charge on any atom is -0.469 e. The normalized spacial score (nSPS) is 17.5. The smallest absolute Gasteiger partial charge is 0.310 e. The largest absolute Gasteiger partial charge is 0.469 e. The number of guanidine groups is 1. The third kappa shape index (κ3) is 7.55. The van der Waals surface area contributed by atoms with Gasteiger partial charge in [0.2, 0.25) is 0 Å². The molecule has 0 radical (unpaired) electrons. The van der Waals surface area contributed by atoms with E-state index in [9.17, 15) is 4.79 Å². The number of rotatable bonds is 8. The first-order chi connectivity index (χ1) is 12.2. The molecular formula is C19H32IN3O3. The van der Waals surface area contributed by atoms with Gasteiger partial charge in [-0.2, -0.15) is 0 Å². The van der Waals surface area contributed by atoms with Crippen molar-refractivity contribution >= 4 is 35.9 Å². The average molecular weight is 477 g/mol. The van der Waals surface area contributed by atoms with Gasteiger partial charge in [-0.05, 0) is 38.3 Å². The van der Waals surface area contributed by atoms with Gasteiger partial charge in [-0.3, -0.25) is 9.79 Å². The van der Waals surface area contributed by atoms with E-state index in [1.165, 1.54) is 0 Å². The van der Waals surface area contributed by atoms with E-state index < -0.39 is 0 Å². The fourth-order valence-corrected chi connectivity index (χ4v) is 2.99. The Morgan fingerprint density at radius 2 is 2.31 bits per heavy atom. The lowest BCUT2D eigenvalue weighted by Crippen LogP contribution is -2.48. The Bertz CT molecular complexity index is 534. The number of nitrogens with one attached hydrogen (secondary N) is 1. The second-order valence-corrected chi connectivity index (χ2v) is 6.35. The first-order valence-corrected chi connectivity index (χ1v) is 9.46. The molecule has 26 heavy (non-hydrogen) atoms. The Morgan fingerprint density at radius 3 is 3.00 bits per heavy atom. The number of hydrogen-bond acceptors (Lipinski definition) is 4. The summed E-state index contributed by atoms with van der Waals surface area (Å²) in [6, 6.07) is 3.88. The van der Waals surface area contributed by atoms with Gasteiger partial charge in [-0.1, -0.05) is 13.3 Å². The van der Waals surface area contributed by atoms with Crippen LogP contribution in [-0.2, 0) is 16.0 Å². The minimum absolute atomic E-state index is 0. The molecule has 1 atom stereocenters. The number of aliphatic imine (C=N–C) groups is 1. The molecular weight excluding hydrogens is 445 g/mol. The van der Waals surface area contributed by atoms with Crippen LogP contribution < -0.4 is 5.32 Å². The summed E-state index contributed by atoms with van der Waals surface area (Å²) < 4.78 is 10.6. The lowest BCUT2D eigenvalue weighted by Gasteiger charge is -2.34. The first kappa shape index (κ1) is 22.8. The van der Waals surface area contributed by atoms with Gasteiger partial charge >= 0.3 is 5.97 Å². The van der Waals surface area contributed by atoms with Crippen LogP contribution in [0, 0.1) is 5.92 Å². The van der Waals surface area contributed by atoms with E-state index in [4.69, 9.17) is 14.1 Å². The maximum Gasteiger partial charge on any atom is 0.310 e. The van der Waals surface area contributed by atoms with Crippen molar-refractivity contribution in [1.82, 2.24) is 10.2 Å². The molecule has 1 fully saturated rings. The van der Waals surface area contributed by atoms with Crippen LogP contribution in [0.2, 0.25) is 0 Å². The van der Waals surface area contributed by atoms with Crippen molar-refractivity contribution < 1.29 is 13.9 Å². The molecule has 0 aromatic carbocycles. The lowest BCUT2D eigenvalue weighted by atomic mass is 9.98. The zero-order valence-electron chi connectivity index (χ0n) is 15.9. The van der Waals surface area contributed by atoms with Gasteiger partial charge in [0.1, 0.15) is 5.76 Å². The van der Waals surface area contributed by atoms with Gasteiger partial charge < -0.3 is 19.4 Å². The van der Waals surface area contributed by atoms with Crippen molar-refractivity contribution in [1.29, 1.82) is 0 Å². The van der Waals surface area contributed by atoms with Crippen LogP contribution in [0.4, 0.5) is 0 Å². The van der Waals surface area contributed by atoms with Crippen molar-refractivity contribution in [2.24, 2.45) is 10.9 Å². The van der Waals surface area contributed by atoms with Crippen LogP contribution in [0.25, 0.3) is 0 Å². The SMILES string of the molecule is CCCCN=C(NCCc1ccco1)N1CCCC(C(=O)OCC)C1.I. The summed E-state index contributed by atoms with van der Waals surface area (Å²) in [5, 5.41) is 3.44. The molecule has 7 heteroatoms. The van der Waals surface area contributed by atoms with E-state index in [0.29, 0.717) is 13.2 Å². The highest BCUT2D eigenvalue weighted by Crippen LogP contribution is 2.18. The standard InChI is InChI=1S/C19H31N3O3.HI/c1-3-5-11-20-19(21-12-10-17-9-7-14-25-17)22-13-6-8-16(15-22)18(23)24-4-2;/h7,9,14,16H,3-6,8,10-13,15H2,1-2H3,(H,20,21);1H. The number of esters is 1. The molecule has 1 aromatic rings. The molecule has 2 heterocycles. The highest BCUT2D eigenvalue weighted by atomic mass is 127. The molecule has 1 N–H and O–H groups in total. The molecule has 6 nitrogen and oxygen atoms in total. The number of furan rings is 1. The van der Waals surface area contributed by atoms with Gasteiger partial charge in [-0.15, -0.1) is 24.0 Å². The number of hydrogen-bond donors (Lipinski definition) is 1. The van der Waals surface area contributed by atoms with Crippen LogP contribution in [0.5, 0.6) is 0 Å². The highest BCUT2D eigenvalue weighted by molar-refractivity contribution is 14.0. The van der Waals surface area contributed by atoms with Crippen molar-refractivity contribution in [2.75, 3.05) is 32.8 Å². The van der Waals surface area contributed by atoms with E-state index in [-0.39, 0.29) is 35.9 Å². The summed E-state index contributed by atoms with van der Waals surface area (Å²) in [7, 11) is 0. The van der Waals surface area contributed by atoms with E-state index in [1.54, 1.807) is 6.26 Å². The fourth-order valence-electron chi connectivity index (χ4n) is 2.99. The summed E-state index contributed by atoms with van der Waals surface area (Å²) >= 11 is 0. The van der Waals surface area contributed by atoms with Crippen molar-refractivity contribution in [3.8, 4) is 0 Å². The molecule has 1 aromatic heterocycles. The molecule has 0 saturated carbocycles. The van der Waals surface area contributed by atoms with Crippen LogP contribution in [0.3, 0.4) is 0 Å². The molecule has 2 rings (SSSR count). The number of piperidine rings is 1. The molecule has 1 unspecified atom stereocenters. The molecule has 1 saturated heterocycles. The fraction of sp³-hybridized carbons (Fsp3) is 0.684. The zero-order chi connectivity index (χ0) is 17.9. The van der Waals surface area contributed by atoms with Gasteiger partial charge in [0.25, 0.3) is 0 Å². The molecule has 1 aliphatic rings. The molecule has 0 aliphatic carbocycles. The maximum absolute atomic E-state index is 12.1. The van der Waals surface area contributed by atoms with Gasteiger partial charge in [0.05, 0.1) is 18.8 Å². The quantitative estimate of drug-likeness (QED) is 0.204. The number of ether oxygens (including phenoxy) is 1. The third-order valence-corrected chi connectivity index (χ3v) is 4.35. The van der Waals surface area contributed by atoms with Crippen molar-refractivity contribution in [3.05, 3.63) is 24.2 Å². The lowest BCUT2D eigenvalue weighted by molar-refractivity contribution is -0.149. The predicted molar refractivity (Wildman–Crippen MR) is 114 cm³/mol. The maximum atomic E-state index is 12.1. The molecule has 0 bridgehead atoms. The number of carbonyl (C=O) groups excluding carboxylic acids is 1. The van der Waals surface area contributed by atoms with Crippen LogP contribution in [-0.4, -0.2) is 49.6 Å². The summed E-state index contributed by atoms with van der Waals surface area (Å²) in [5.74, 6) is 1.71. The van der Waals surface area contributed by atoms with Gasteiger partial charge in [-0.25, -0.2) is 0 Å². The number of nitrogens with zero attached hydrogens (tertiary/aromatic N) is 2. The second kappa shape index (κ2) is 13.0. The van der Waals surface area contributed by atoms with E-state index in [2.05, 4.69) is 17.1 Å². The predicted octanol–water partition coefficient (Wildman–Crippen LogP) is 3.46. The summed E-state index contributed by atoms with van der Waals surface area (Å²) in [4.78, 5) is 19.0. The minimum atomic E-state index is -0.0873. The van der Waals surface area contributed by atoms with E-state index in [0.717, 1.165) is 63.5 Å². The first-order valence-electron chi connectivity index (χ1n) is 9.46. The Labute approximate surface area is 173 Å². The van der Waals surface area contributed by atoms with E-state index in [1.807, 2.05) is 19.1 Å². The summed E-state index contributed by atoms with van der Waals surface area (Å²) in [6.45, 7) is 7.63. The summed E-state index contributed by atoms with van der Waals surface area (Å²) in [5.41, 5.74) is 0. The van der Waals surface area contributed by atoms with Crippen LogP contribution in [0.15, 0.2) is 27.8 Å². The average Bonchev–Trinajstić information content (AvgIpc) is 3.14. The van der Waals surface area contributed by atoms with Crippen LogP contribution >= 0.6 is 24.0 Å². The third-order valence-electron chi connectivity index (χ3n) is 4.35. The van der Waals surface area contributed by atoms with E-state index >= 15 is 0 Å². The van der Waals surface area contributed by atoms with Crippen molar-refractivity contribution in [3.63, 3.8) is 0 Å². The molecule has 0 spiro atoms. The highest BCUT2D eigenvalue weighted by Gasteiger charge is 2.28. The van der Waals surface area contributed by atoms with Crippen molar-refractivity contribution in [2.45, 2.75) is 46.0 Å². The summed E-state index contributed by atoms with van der Waals surface area (Å²) in [6.07, 6.45) is 6.57. The van der Waals surface area contributed by atoms with Gasteiger partial charge in [0.15, 0.2) is 5.96 Å².